The second kappa shape index (κ2) is 11.1. The monoisotopic (exact) mass is 430 g/mol. The van der Waals surface area contributed by atoms with E-state index in [2.05, 4.69) is 17.6 Å². The number of thiophene rings is 1. The van der Waals surface area contributed by atoms with Gasteiger partial charge in [0.15, 0.2) is 6.61 Å². The van der Waals surface area contributed by atoms with E-state index >= 15 is 0 Å². The number of aryl methyl sites for hydroxylation is 2. The maximum Gasteiger partial charge on any atom is 0.262 e. The molecule has 1 aliphatic carbocycles. The van der Waals surface area contributed by atoms with Gasteiger partial charge >= 0.3 is 0 Å². The van der Waals surface area contributed by atoms with Gasteiger partial charge in [0.25, 0.3) is 11.8 Å². The standard InChI is InChI=1S/C23H30N2O4S/c1-3-16-9-11-17(12-10-16)29-15-20(26)25-23-21(22(27)24-13-6-14-28-2)18-7-4-5-8-19(18)30-23/h9-12H,3-8,13-15H2,1-2H3,(H,24,27)(H,25,26). The molecule has 6 nitrogen and oxygen atoms in total. The molecule has 0 bridgehead atoms. The lowest BCUT2D eigenvalue weighted by molar-refractivity contribution is -0.118. The zero-order valence-electron chi connectivity index (χ0n) is 17.7. The minimum atomic E-state index is -0.262. The van der Waals surface area contributed by atoms with Crippen molar-refractivity contribution in [2.75, 3.05) is 32.2 Å². The molecule has 1 aliphatic rings. The number of fused-ring (bicyclic) bond motifs is 1. The van der Waals surface area contributed by atoms with Crippen LogP contribution in [0, 0.1) is 0 Å². The number of hydrogen-bond acceptors (Lipinski definition) is 5. The van der Waals surface area contributed by atoms with Crippen LogP contribution in [0.2, 0.25) is 0 Å². The summed E-state index contributed by atoms with van der Waals surface area (Å²) in [4.78, 5) is 26.6. The molecule has 1 aromatic carbocycles. The molecule has 0 saturated heterocycles. The average molecular weight is 431 g/mol. The highest BCUT2D eigenvalue weighted by Crippen LogP contribution is 2.38. The molecule has 0 aliphatic heterocycles. The van der Waals surface area contributed by atoms with Crippen molar-refractivity contribution in [1.82, 2.24) is 5.32 Å². The Balaban J connectivity index is 1.65. The summed E-state index contributed by atoms with van der Waals surface area (Å²) in [7, 11) is 1.64. The van der Waals surface area contributed by atoms with E-state index in [4.69, 9.17) is 9.47 Å². The predicted molar refractivity (Wildman–Crippen MR) is 120 cm³/mol. The van der Waals surface area contributed by atoms with Gasteiger partial charge in [0.1, 0.15) is 10.8 Å². The SMILES string of the molecule is CCc1ccc(OCC(=O)Nc2sc3c(c2C(=O)NCCCOC)CCCC3)cc1. The van der Waals surface area contributed by atoms with E-state index in [1.165, 1.54) is 21.8 Å². The van der Waals surface area contributed by atoms with E-state index in [0.717, 1.165) is 44.1 Å². The zero-order valence-corrected chi connectivity index (χ0v) is 18.5. The fraction of sp³-hybridized carbons (Fsp3) is 0.478. The van der Waals surface area contributed by atoms with Crippen LogP contribution in [0.1, 0.15) is 52.5 Å². The van der Waals surface area contributed by atoms with Crippen molar-refractivity contribution in [3.05, 3.63) is 45.8 Å². The summed E-state index contributed by atoms with van der Waals surface area (Å²) in [6.07, 6.45) is 5.73. The van der Waals surface area contributed by atoms with Crippen molar-refractivity contribution in [1.29, 1.82) is 0 Å². The molecule has 2 amide bonds. The van der Waals surface area contributed by atoms with Crippen LogP contribution in [0.15, 0.2) is 24.3 Å². The highest BCUT2D eigenvalue weighted by Gasteiger charge is 2.26. The van der Waals surface area contributed by atoms with E-state index in [9.17, 15) is 9.59 Å². The number of carbonyl (C=O) groups excluding carboxylic acids is 2. The van der Waals surface area contributed by atoms with E-state index in [-0.39, 0.29) is 18.4 Å². The van der Waals surface area contributed by atoms with Gasteiger partial charge in [-0.05, 0) is 61.8 Å². The van der Waals surface area contributed by atoms with Crippen molar-refractivity contribution in [3.63, 3.8) is 0 Å². The first-order chi connectivity index (χ1) is 14.6. The molecular formula is C23H30N2O4S. The first kappa shape index (κ1) is 22.3. The minimum absolute atomic E-state index is 0.0943. The van der Waals surface area contributed by atoms with Crippen molar-refractivity contribution >= 4 is 28.2 Å². The van der Waals surface area contributed by atoms with Crippen LogP contribution in [0.5, 0.6) is 5.75 Å². The normalized spacial score (nSPS) is 12.9. The van der Waals surface area contributed by atoms with E-state index in [1.54, 1.807) is 7.11 Å². The van der Waals surface area contributed by atoms with Crippen LogP contribution >= 0.6 is 11.3 Å². The predicted octanol–water partition coefficient (Wildman–Crippen LogP) is 3.97. The quantitative estimate of drug-likeness (QED) is 0.559. The van der Waals surface area contributed by atoms with Gasteiger partial charge in [-0.3, -0.25) is 9.59 Å². The fourth-order valence-electron chi connectivity index (χ4n) is 3.53. The summed E-state index contributed by atoms with van der Waals surface area (Å²) < 4.78 is 10.6. The summed E-state index contributed by atoms with van der Waals surface area (Å²) in [5.41, 5.74) is 2.92. The summed E-state index contributed by atoms with van der Waals surface area (Å²) in [5.74, 6) is 0.266. The Bertz CT molecular complexity index is 861. The Hall–Kier alpha value is -2.38. The third-order valence-electron chi connectivity index (χ3n) is 5.16. The molecule has 1 aromatic heterocycles. The second-order valence-corrected chi connectivity index (χ2v) is 8.46. The second-order valence-electron chi connectivity index (χ2n) is 7.35. The van der Waals surface area contributed by atoms with Crippen LogP contribution in [0.3, 0.4) is 0 Å². The maximum atomic E-state index is 12.9. The maximum absolute atomic E-state index is 12.9. The van der Waals surface area contributed by atoms with Gasteiger partial charge in [-0.25, -0.2) is 0 Å². The average Bonchev–Trinajstić information content (AvgIpc) is 3.13. The molecule has 7 heteroatoms. The van der Waals surface area contributed by atoms with Gasteiger partial charge in [-0.15, -0.1) is 11.3 Å². The van der Waals surface area contributed by atoms with Crippen LogP contribution in [0.4, 0.5) is 5.00 Å². The minimum Gasteiger partial charge on any atom is -0.484 e. The molecule has 2 aromatic rings. The van der Waals surface area contributed by atoms with Crippen LogP contribution in [-0.4, -0.2) is 38.7 Å². The Labute approximate surface area is 182 Å². The Morgan fingerprint density at radius 3 is 2.63 bits per heavy atom. The molecule has 162 valence electrons. The summed E-state index contributed by atoms with van der Waals surface area (Å²) >= 11 is 1.52. The first-order valence-corrected chi connectivity index (χ1v) is 11.4. The number of amides is 2. The van der Waals surface area contributed by atoms with Gasteiger partial charge in [0.05, 0.1) is 5.56 Å². The van der Waals surface area contributed by atoms with E-state index in [1.807, 2.05) is 24.3 Å². The van der Waals surface area contributed by atoms with Gasteiger partial charge in [0.2, 0.25) is 0 Å². The Morgan fingerprint density at radius 1 is 1.13 bits per heavy atom. The molecule has 0 unspecified atom stereocenters. The number of ether oxygens (including phenoxy) is 2. The Kier molecular flexibility index (Phi) is 8.28. The summed E-state index contributed by atoms with van der Waals surface area (Å²) in [5, 5.41) is 6.50. The summed E-state index contributed by atoms with van der Waals surface area (Å²) in [6.45, 7) is 3.14. The number of hydrogen-bond donors (Lipinski definition) is 2. The van der Waals surface area contributed by atoms with Crippen LogP contribution in [0.25, 0.3) is 0 Å². The molecule has 0 atom stereocenters. The molecule has 1 heterocycles. The third-order valence-corrected chi connectivity index (χ3v) is 6.37. The van der Waals surface area contributed by atoms with Crippen molar-refractivity contribution in [3.8, 4) is 5.75 Å². The number of nitrogens with one attached hydrogen (secondary N) is 2. The molecule has 0 saturated carbocycles. The molecular weight excluding hydrogens is 400 g/mol. The lowest BCUT2D eigenvalue weighted by Gasteiger charge is -2.13. The molecule has 3 rings (SSSR count). The van der Waals surface area contributed by atoms with Gasteiger partial charge < -0.3 is 20.1 Å². The van der Waals surface area contributed by atoms with Gasteiger partial charge in [0, 0.05) is 25.1 Å². The topological polar surface area (TPSA) is 76.7 Å². The zero-order chi connectivity index (χ0) is 21.3. The van der Waals surface area contributed by atoms with Crippen molar-refractivity contribution < 1.29 is 19.1 Å². The van der Waals surface area contributed by atoms with E-state index in [0.29, 0.717) is 29.5 Å². The Morgan fingerprint density at radius 2 is 1.90 bits per heavy atom. The first-order valence-electron chi connectivity index (χ1n) is 10.6. The van der Waals surface area contributed by atoms with Crippen molar-refractivity contribution in [2.24, 2.45) is 0 Å². The number of methoxy groups -OCH3 is 1. The number of benzene rings is 1. The fourth-order valence-corrected chi connectivity index (χ4v) is 4.84. The highest BCUT2D eigenvalue weighted by molar-refractivity contribution is 7.17. The van der Waals surface area contributed by atoms with E-state index < -0.39 is 0 Å². The molecule has 30 heavy (non-hydrogen) atoms. The molecule has 2 N–H and O–H groups in total. The molecule has 0 radical (unpaired) electrons. The number of anilines is 1. The third kappa shape index (κ3) is 5.83. The lowest BCUT2D eigenvalue weighted by Crippen LogP contribution is -2.28. The largest absolute Gasteiger partial charge is 0.484 e. The number of rotatable bonds is 10. The molecule has 0 fully saturated rings. The van der Waals surface area contributed by atoms with Gasteiger partial charge in [-0.1, -0.05) is 19.1 Å². The highest BCUT2D eigenvalue weighted by atomic mass is 32.1. The summed E-state index contributed by atoms with van der Waals surface area (Å²) in [6, 6.07) is 7.73. The van der Waals surface area contributed by atoms with Crippen LogP contribution < -0.4 is 15.4 Å². The molecule has 0 spiro atoms. The smallest absolute Gasteiger partial charge is 0.262 e. The van der Waals surface area contributed by atoms with Crippen molar-refractivity contribution in [2.45, 2.75) is 45.4 Å². The lowest BCUT2D eigenvalue weighted by atomic mass is 9.95. The van der Waals surface area contributed by atoms with Gasteiger partial charge in [-0.2, -0.15) is 0 Å². The number of carbonyl (C=O) groups is 2. The van der Waals surface area contributed by atoms with Crippen LogP contribution in [-0.2, 0) is 28.8 Å².